The van der Waals surface area contributed by atoms with Gasteiger partial charge in [-0.2, -0.15) is 0 Å². The van der Waals surface area contributed by atoms with Gasteiger partial charge < -0.3 is 20.1 Å². The summed E-state index contributed by atoms with van der Waals surface area (Å²) in [6.45, 7) is 0.671. The number of methoxy groups -OCH3 is 1. The zero-order chi connectivity index (χ0) is 20.1. The van der Waals surface area contributed by atoms with Gasteiger partial charge in [-0.25, -0.2) is 8.42 Å². The van der Waals surface area contributed by atoms with Crippen LogP contribution in [0.25, 0.3) is 0 Å². The number of hydrogen-bond donors (Lipinski definition) is 2. The maximum absolute atomic E-state index is 12.0. The average molecular weight is 398 g/mol. The molecule has 0 aromatic heterocycles. The SMILES string of the molecule is COc1cccc(C(=O)NCC(=O)OCC(=O)N[C@]2(C)CCS(=O)(=O)C2)c1. The van der Waals surface area contributed by atoms with Crippen LogP contribution in [0.15, 0.2) is 24.3 Å². The van der Waals surface area contributed by atoms with Crippen LogP contribution in [-0.4, -0.2) is 63.5 Å². The fraction of sp³-hybridized carbons (Fsp3) is 0.471. The molecular weight excluding hydrogens is 376 g/mol. The van der Waals surface area contributed by atoms with E-state index in [1.807, 2.05) is 0 Å². The van der Waals surface area contributed by atoms with Crippen LogP contribution in [0, 0.1) is 0 Å². The molecule has 1 saturated heterocycles. The zero-order valence-corrected chi connectivity index (χ0v) is 15.9. The summed E-state index contributed by atoms with van der Waals surface area (Å²) in [7, 11) is -1.69. The van der Waals surface area contributed by atoms with Crippen molar-refractivity contribution in [2.45, 2.75) is 18.9 Å². The number of nitrogens with one attached hydrogen (secondary N) is 2. The van der Waals surface area contributed by atoms with Gasteiger partial charge in [-0.3, -0.25) is 14.4 Å². The van der Waals surface area contributed by atoms with Gasteiger partial charge in [0.25, 0.3) is 11.8 Å². The van der Waals surface area contributed by atoms with E-state index in [0.717, 1.165) is 0 Å². The van der Waals surface area contributed by atoms with Gasteiger partial charge in [-0.15, -0.1) is 0 Å². The van der Waals surface area contributed by atoms with Crippen LogP contribution < -0.4 is 15.4 Å². The van der Waals surface area contributed by atoms with Gasteiger partial charge in [-0.05, 0) is 31.5 Å². The molecule has 0 aliphatic carbocycles. The Morgan fingerprint density at radius 1 is 1.26 bits per heavy atom. The third kappa shape index (κ3) is 6.24. The largest absolute Gasteiger partial charge is 0.497 e. The van der Waals surface area contributed by atoms with E-state index in [2.05, 4.69) is 10.6 Å². The van der Waals surface area contributed by atoms with Crippen LogP contribution in [0.3, 0.4) is 0 Å². The summed E-state index contributed by atoms with van der Waals surface area (Å²) < 4.78 is 32.9. The van der Waals surface area contributed by atoms with E-state index in [9.17, 15) is 22.8 Å². The van der Waals surface area contributed by atoms with Crippen molar-refractivity contribution in [2.75, 3.05) is 31.8 Å². The number of benzene rings is 1. The predicted octanol–water partition coefficient (Wildman–Crippen LogP) is -0.338. The standard InChI is InChI=1S/C17H22N2O7S/c1-17(6-7-27(23,24)11-17)19-14(20)10-26-15(21)9-18-16(22)12-4-3-5-13(8-12)25-2/h3-5,8H,6-7,9-11H2,1-2H3,(H,18,22)(H,19,20)/t17-/m1/s1. The van der Waals surface area contributed by atoms with Crippen LogP contribution in [0.5, 0.6) is 5.75 Å². The van der Waals surface area contributed by atoms with Crippen molar-refractivity contribution in [3.63, 3.8) is 0 Å². The van der Waals surface area contributed by atoms with Crippen LogP contribution in [-0.2, 0) is 24.2 Å². The Kier molecular flexibility index (Phi) is 6.42. The molecule has 9 nitrogen and oxygen atoms in total. The van der Waals surface area contributed by atoms with Gasteiger partial charge in [0.1, 0.15) is 12.3 Å². The fourth-order valence-electron chi connectivity index (χ4n) is 2.70. The molecule has 0 radical (unpaired) electrons. The lowest BCUT2D eigenvalue weighted by molar-refractivity contribution is -0.147. The molecule has 1 fully saturated rings. The van der Waals surface area contributed by atoms with Crippen LogP contribution in [0.1, 0.15) is 23.7 Å². The number of carbonyl (C=O) groups is 3. The molecule has 2 amide bonds. The number of sulfone groups is 1. The lowest BCUT2D eigenvalue weighted by Gasteiger charge is -2.23. The van der Waals surface area contributed by atoms with E-state index >= 15 is 0 Å². The molecule has 2 N–H and O–H groups in total. The molecule has 0 spiro atoms. The molecule has 148 valence electrons. The molecule has 0 bridgehead atoms. The van der Waals surface area contributed by atoms with Gasteiger partial charge in [-0.1, -0.05) is 6.07 Å². The highest BCUT2D eigenvalue weighted by molar-refractivity contribution is 7.91. The normalized spacial score (nSPS) is 20.5. The summed E-state index contributed by atoms with van der Waals surface area (Å²) in [4.78, 5) is 35.5. The summed E-state index contributed by atoms with van der Waals surface area (Å²) in [5.41, 5.74) is -0.543. The molecule has 1 aliphatic heterocycles. The van der Waals surface area contributed by atoms with Gasteiger partial charge in [0.15, 0.2) is 16.4 Å². The second-order valence-electron chi connectivity index (χ2n) is 6.53. The van der Waals surface area contributed by atoms with E-state index in [-0.39, 0.29) is 11.5 Å². The lowest BCUT2D eigenvalue weighted by Crippen LogP contribution is -2.48. The summed E-state index contributed by atoms with van der Waals surface area (Å²) in [5, 5.41) is 4.96. The second kappa shape index (κ2) is 8.38. The first-order valence-corrected chi connectivity index (χ1v) is 10.0. The van der Waals surface area contributed by atoms with Gasteiger partial charge in [0.2, 0.25) is 0 Å². The van der Waals surface area contributed by atoms with E-state index in [1.165, 1.54) is 13.2 Å². The Morgan fingerprint density at radius 3 is 2.63 bits per heavy atom. The minimum atomic E-state index is -3.16. The highest BCUT2D eigenvalue weighted by atomic mass is 32.2. The van der Waals surface area contributed by atoms with E-state index < -0.39 is 46.3 Å². The van der Waals surface area contributed by atoms with E-state index in [1.54, 1.807) is 25.1 Å². The predicted molar refractivity (Wildman–Crippen MR) is 96.1 cm³/mol. The van der Waals surface area contributed by atoms with Crippen LogP contribution in [0.2, 0.25) is 0 Å². The Morgan fingerprint density at radius 2 is 2.00 bits per heavy atom. The third-order valence-electron chi connectivity index (χ3n) is 4.03. The van der Waals surface area contributed by atoms with Crippen molar-refractivity contribution in [2.24, 2.45) is 0 Å². The van der Waals surface area contributed by atoms with Gasteiger partial charge in [0, 0.05) is 5.56 Å². The molecule has 10 heteroatoms. The van der Waals surface area contributed by atoms with E-state index in [0.29, 0.717) is 17.7 Å². The molecule has 1 heterocycles. The van der Waals surface area contributed by atoms with Crippen molar-refractivity contribution in [1.29, 1.82) is 0 Å². The number of hydrogen-bond acceptors (Lipinski definition) is 7. The van der Waals surface area contributed by atoms with Gasteiger partial charge >= 0.3 is 5.97 Å². The Hall–Kier alpha value is -2.62. The molecule has 2 rings (SSSR count). The molecule has 1 aliphatic rings. The maximum Gasteiger partial charge on any atom is 0.325 e. The first kappa shape index (κ1) is 20.7. The van der Waals surface area contributed by atoms with Crippen molar-refractivity contribution in [3.8, 4) is 5.75 Å². The van der Waals surface area contributed by atoms with Crippen molar-refractivity contribution < 1.29 is 32.3 Å². The first-order valence-electron chi connectivity index (χ1n) is 8.22. The minimum absolute atomic E-state index is 0.0138. The average Bonchev–Trinajstić information content (AvgIpc) is 2.90. The fourth-order valence-corrected chi connectivity index (χ4v) is 4.79. The van der Waals surface area contributed by atoms with Crippen molar-refractivity contribution >= 4 is 27.6 Å². The molecule has 1 aromatic rings. The summed E-state index contributed by atoms with van der Waals surface area (Å²) in [6.07, 6.45) is 0.311. The maximum atomic E-state index is 12.0. The number of carbonyl (C=O) groups excluding carboxylic acids is 3. The monoisotopic (exact) mass is 398 g/mol. The molecular formula is C17H22N2O7S. The third-order valence-corrected chi connectivity index (χ3v) is 5.94. The molecule has 1 aromatic carbocycles. The van der Waals surface area contributed by atoms with Gasteiger partial charge in [0.05, 0.1) is 24.2 Å². The van der Waals surface area contributed by atoms with E-state index in [4.69, 9.17) is 9.47 Å². The van der Waals surface area contributed by atoms with Crippen molar-refractivity contribution in [1.82, 2.24) is 10.6 Å². The number of ether oxygens (including phenoxy) is 2. The number of amides is 2. The zero-order valence-electron chi connectivity index (χ0n) is 15.1. The summed E-state index contributed by atoms with van der Waals surface area (Å²) in [6, 6.07) is 6.40. The van der Waals surface area contributed by atoms with Crippen molar-refractivity contribution in [3.05, 3.63) is 29.8 Å². The topological polar surface area (TPSA) is 128 Å². The quantitative estimate of drug-likeness (QED) is 0.602. The van der Waals surface area contributed by atoms with Crippen LogP contribution >= 0.6 is 0 Å². The lowest BCUT2D eigenvalue weighted by atomic mass is 10.0. The number of esters is 1. The number of rotatable bonds is 7. The smallest absolute Gasteiger partial charge is 0.325 e. The second-order valence-corrected chi connectivity index (χ2v) is 8.71. The summed E-state index contributed by atoms with van der Waals surface area (Å²) in [5.74, 6) is -1.49. The molecule has 27 heavy (non-hydrogen) atoms. The molecule has 0 unspecified atom stereocenters. The first-order chi connectivity index (χ1) is 12.6. The Balaban J connectivity index is 1.74. The molecule has 1 atom stereocenters. The highest BCUT2D eigenvalue weighted by Gasteiger charge is 2.39. The highest BCUT2D eigenvalue weighted by Crippen LogP contribution is 2.22. The van der Waals surface area contributed by atoms with Crippen LogP contribution in [0.4, 0.5) is 0 Å². The Labute approximate surface area is 157 Å². The minimum Gasteiger partial charge on any atom is -0.497 e. The Bertz CT molecular complexity index is 837. The summed E-state index contributed by atoms with van der Waals surface area (Å²) >= 11 is 0. The molecule has 0 saturated carbocycles.